The number of carboxylic acids is 1. The monoisotopic (exact) mass is 326 g/mol. The Morgan fingerprint density at radius 1 is 1.08 bits per heavy atom. The fourth-order valence-electron chi connectivity index (χ4n) is 2.60. The van der Waals surface area contributed by atoms with E-state index in [1.807, 2.05) is 28.8 Å². The topological polar surface area (TPSA) is 71.3 Å². The first-order valence-electron chi connectivity index (χ1n) is 7.37. The Labute approximate surface area is 137 Å². The van der Waals surface area contributed by atoms with Crippen LogP contribution in [0.5, 0.6) is 0 Å². The van der Waals surface area contributed by atoms with Gasteiger partial charge in [0.1, 0.15) is 12.4 Å². The van der Waals surface area contributed by atoms with Gasteiger partial charge in [-0.2, -0.15) is 0 Å². The summed E-state index contributed by atoms with van der Waals surface area (Å²) in [6.07, 6.45) is 1.69. The highest BCUT2D eigenvalue weighted by molar-refractivity contribution is 6.07. The first-order chi connectivity index (χ1) is 11.5. The summed E-state index contributed by atoms with van der Waals surface area (Å²) in [4.78, 5) is 22.9. The van der Waals surface area contributed by atoms with Gasteiger partial charge in [0.2, 0.25) is 0 Å². The average Bonchev–Trinajstić information content (AvgIpc) is 2.94. The molecule has 0 saturated carbocycles. The second-order valence-corrected chi connectivity index (χ2v) is 5.39. The third-order valence-electron chi connectivity index (χ3n) is 3.70. The molecule has 0 aliphatic heterocycles. The van der Waals surface area contributed by atoms with E-state index in [-0.39, 0.29) is 5.82 Å². The van der Waals surface area contributed by atoms with E-state index in [9.17, 15) is 14.0 Å². The molecule has 0 bridgehead atoms. The Morgan fingerprint density at radius 2 is 1.79 bits per heavy atom. The molecule has 0 saturated heterocycles. The van der Waals surface area contributed by atoms with Crippen molar-refractivity contribution in [2.45, 2.75) is 6.54 Å². The van der Waals surface area contributed by atoms with E-state index < -0.39 is 18.4 Å². The van der Waals surface area contributed by atoms with Crippen LogP contribution >= 0.6 is 0 Å². The van der Waals surface area contributed by atoms with Crippen LogP contribution in [0.4, 0.5) is 4.39 Å². The van der Waals surface area contributed by atoms with Crippen LogP contribution in [0.3, 0.4) is 0 Å². The van der Waals surface area contributed by atoms with Crippen LogP contribution in [0.15, 0.2) is 54.7 Å². The lowest BCUT2D eigenvalue weighted by Gasteiger charge is -2.05. The predicted molar refractivity (Wildman–Crippen MR) is 87.4 cm³/mol. The summed E-state index contributed by atoms with van der Waals surface area (Å²) in [5.74, 6) is -1.84. The fraction of sp³-hybridized carbons (Fsp3) is 0.111. The summed E-state index contributed by atoms with van der Waals surface area (Å²) in [5, 5.41) is 11.8. The first kappa shape index (κ1) is 15.7. The van der Waals surface area contributed by atoms with E-state index in [4.69, 9.17) is 5.11 Å². The molecule has 0 aliphatic rings. The zero-order chi connectivity index (χ0) is 17.1. The highest BCUT2D eigenvalue weighted by atomic mass is 19.1. The van der Waals surface area contributed by atoms with Gasteiger partial charge in [0.05, 0.1) is 5.56 Å². The van der Waals surface area contributed by atoms with Gasteiger partial charge in [-0.25, -0.2) is 4.39 Å². The summed E-state index contributed by atoms with van der Waals surface area (Å²) < 4.78 is 14.9. The molecule has 1 aromatic heterocycles. The molecule has 5 nitrogen and oxygen atoms in total. The summed E-state index contributed by atoms with van der Waals surface area (Å²) in [6, 6.07) is 13.5. The van der Waals surface area contributed by atoms with E-state index >= 15 is 0 Å². The number of carbonyl (C=O) groups excluding carboxylic acids is 1. The molecule has 122 valence electrons. The van der Waals surface area contributed by atoms with Crippen LogP contribution in [0, 0.1) is 5.82 Å². The Morgan fingerprint density at radius 3 is 2.50 bits per heavy atom. The lowest BCUT2D eigenvalue weighted by molar-refractivity contribution is -0.135. The molecule has 6 heteroatoms. The Bertz CT molecular complexity index is 900. The largest absolute Gasteiger partial charge is 0.480 e. The molecule has 0 fully saturated rings. The molecule has 3 rings (SSSR count). The lowest BCUT2D eigenvalue weighted by Crippen LogP contribution is -2.29. The normalized spacial score (nSPS) is 10.7. The number of benzene rings is 2. The van der Waals surface area contributed by atoms with Crippen molar-refractivity contribution >= 4 is 22.8 Å². The zero-order valence-corrected chi connectivity index (χ0v) is 12.7. The van der Waals surface area contributed by atoms with Crippen molar-refractivity contribution in [1.29, 1.82) is 0 Å². The molecule has 24 heavy (non-hydrogen) atoms. The number of fused-ring (bicyclic) bond motifs is 1. The second kappa shape index (κ2) is 6.54. The van der Waals surface area contributed by atoms with Crippen molar-refractivity contribution in [1.82, 2.24) is 9.88 Å². The van der Waals surface area contributed by atoms with E-state index in [0.717, 1.165) is 16.5 Å². The van der Waals surface area contributed by atoms with Gasteiger partial charge in [0.25, 0.3) is 5.91 Å². The van der Waals surface area contributed by atoms with Crippen LogP contribution in [0.25, 0.3) is 10.9 Å². The summed E-state index contributed by atoms with van der Waals surface area (Å²) in [5.41, 5.74) is 2.16. The van der Waals surface area contributed by atoms with Crippen molar-refractivity contribution < 1.29 is 19.1 Å². The third-order valence-corrected chi connectivity index (χ3v) is 3.70. The highest BCUT2D eigenvalue weighted by Crippen LogP contribution is 2.22. The number of nitrogens with zero attached hydrogens (tertiary/aromatic N) is 1. The van der Waals surface area contributed by atoms with Gasteiger partial charge in [0, 0.05) is 23.6 Å². The quantitative estimate of drug-likeness (QED) is 0.757. The summed E-state index contributed by atoms with van der Waals surface area (Å²) >= 11 is 0. The van der Waals surface area contributed by atoms with Crippen molar-refractivity contribution in [3.63, 3.8) is 0 Å². The number of hydrogen-bond acceptors (Lipinski definition) is 2. The minimum absolute atomic E-state index is 0.301. The van der Waals surface area contributed by atoms with Gasteiger partial charge in [-0.1, -0.05) is 30.3 Å². The van der Waals surface area contributed by atoms with Crippen LogP contribution in [0.2, 0.25) is 0 Å². The summed E-state index contributed by atoms with van der Waals surface area (Å²) in [7, 11) is 0. The molecule has 0 radical (unpaired) electrons. The number of amides is 1. The fourth-order valence-corrected chi connectivity index (χ4v) is 2.60. The van der Waals surface area contributed by atoms with E-state index in [2.05, 4.69) is 5.32 Å². The highest BCUT2D eigenvalue weighted by Gasteiger charge is 2.15. The lowest BCUT2D eigenvalue weighted by atomic mass is 10.1. The van der Waals surface area contributed by atoms with Crippen LogP contribution in [-0.2, 0) is 11.3 Å². The molecule has 2 aromatic carbocycles. The smallest absolute Gasteiger partial charge is 0.322 e. The Hall–Kier alpha value is -3.15. The Kier molecular flexibility index (Phi) is 4.29. The maximum Gasteiger partial charge on any atom is 0.322 e. The molecule has 1 amide bonds. The van der Waals surface area contributed by atoms with Crippen LogP contribution in [0.1, 0.15) is 15.9 Å². The number of halogens is 1. The molecular weight excluding hydrogens is 311 g/mol. The zero-order valence-electron chi connectivity index (χ0n) is 12.7. The Balaban J connectivity index is 1.95. The third kappa shape index (κ3) is 3.27. The van der Waals surface area contributed by atoms with E-state index in [1.54, 1.807) is 18.3 Å². The van der Waals surface area contributed by atoms with Crippen LogP contribution < -0.4 is 5.32 Å². The SMILES string of the molecule is O=C(O)CNC(=O)c1cn(Cc2ccc(F)cc2)c2ccccc12. The van der Waals surface area contributed by atoms with Gasteiger partial charge >= 0.3 is 5.97 Å². The van der Waals surface area contributed by atoms with Crippen molar-refractivity contribution in [3.05, 3.63) is 71.7 Å². The van der Waals surface area contributed by atoms with Gasteiger partial charge in [-0.15, -0.1) is 0 Å². The molecule has 1 heterocycles. The van der Waals surface area contributed by atoms with Gasteiger partial charge in [-0.3, -0.25) is 9.59 Å². The van der Waals surface area contributed by atoms with Crippen molar-refractivity contribution in [2.75, 3.05) is 6.54 Å². The minimum atomic E-state index is -1.10. The average molecular weight is 326 g/mol. The van der Waals surface area contributed by atoms with Gasteiger partial charge < -0.3 is 15.0 Å². The standard InChI is InChI=1S/C18H15FN2O3/c19-13-7-5-12(6-8-13)10-21-11-15(18(24)20-9-17(22)23)14-3-1-2-4-16(14)21/h1-8,11H,9-10H2,(H,20,24)(H,22,23). The number of nitrogens with one attached hydrogen (secondary N) is 1. The molecule has 0 spiro atoms. The first-order valence-corrected chi connectivity index (χ1v) is 7.37. The molecule has 0 aliphatic carbocycles. The number of carbonyl (C=O) groups is 2. The number of para-hydroxylation sites is 1. The van der Waals surface area contributed by atoms with E-state index in [1.165, 1.54) is 12.1 Å². The number of aromatic nitrogens is 1. The molecule has 0 unspecified atom stereocenters. The maximum absolute atomic E-state index is 13.0. The van der Waals surface area contributed by atoms with E-state index in [0.29, 0.717) is 12.1 Å². The molecule has 2 N–H and O–H groups in total. The van der Waals surface area contributed by atoms with Gasteiger partial charge in [0.15, 0.2) is 0 Å². The van der Waals surface area contributed by atoms with Gasteiger partial charge in [-0.05, 0) is 23.8 Å². The molecular formula is C18H15FN2O3. The number of rotatable bonds is 5. The van der Waals surface area contributed by atoms with Crippen molar-refractivity contribution in [3.8, 4) is 0 Å². The van der Waals surface area contributed by atoms with Crippen molar-refractivity contribution in [2.24, 2.45) is 0 Å². The number of carboxylic acid groups (broad SMARTS) is 1. The molecule has 3 aromatic rings. The summed E-state index contributed by atoms with van der Waals surface area (Å²) in [6.45, 7) is 0.0449. The maximum atomic E-state index is 13.0. The minimum Gasteiger partial charge on any atom is -0.480 e. The molecule has 0 atom stereocenters. The predicted octanol–water partition coefficient (Wildman–Crippen LogP) is 2.64. The second-order valence-electron chi connectivity index (χ2n) is 5.39. The number of hydrogen-bond donors (Lipinski definition) is 2. The van der Waals surface area contributed by atoms with Crippen LogP contribution in [-0.4, -0.2) is 28.1 Å². The number of aliphatic carboxylic acids is 1.